The molecule has 0 aliphatic heterocycles. The number of alkyl halides is 3. The lowest BCUT2D eigenvalue weighted by atomic mass is 10.1. The second-order valence-electron chi connectivity index (χ2n) is 3.71. The van der Waals surface area contributed by atoms with Crippen molar-refractivity contribution >= 4 is 5.91 Å². The van der Waals surface area contributed by atoms with E-state index in [0.717, 1.165) is 4.90 Å². The van der Waals surface area contributed by atoms with Gasteiger partial charge in [-0.2, -0.15) is 13.2 Å². The summed E-state index contributed by atoms with van der Waals surface area (Å²) in [5.41, 5.74) is 5.54. The van der Waals surface area contributed by atoms with E-state index >= 15 is 0 Å². The Morgan fingerprint density at radius 3 is 2.47 bits per heavy atom. The van der Waals surface area contributed by atoms with Crippen molar-refractivity contribution in [2.45, 2.75) is 32.0 Å². The number of hydrogen-bond donors (Lipinski definition) is 1. The highest BCUT2D eigenvalue weighted by atomic mass is 19.4. The average Bonchev–Trinajstić information content (AvgIpc) is 2.23. The number of hydrogen-bond acceptors (Lipinski definition) is 3. The minimum absolute atomic E-state index is 0.00365. The monoisotopic (exact) mass is 256 g/mol. The Kier molecular flexibility index (Phi) is 7.13. The van der Waals surface area contributed by atoms with E-state index in [4.69, 9.17) is 10.5 Å². The Morgan fingerprint density at radius 1 is 1.47 bits per heavy atom. The maximum Gasteiger partial charge on any atom is 0.406 e. The van der Waals surface area contributed by atoms with E-state index in [1.807, 2.05) is 0 Å². The summed E-state index contributed by atoms with van der Waals surface area (Å²) < 4.78 is 41.3. The van der Waals surface area contributed by atoms with Crippen LogP contribution in [0.1, 0.15) is 19.8 Å². The van der Waals surface area contributed by atoms with Crippen molar-refractivity contribution < 1.29 is 22.7 Å². The lowest BCUT2D eigenvalue weighted by molar-refractivity contribution is -0.161. The van der Waals surface area contributed by atoms with Crippen molar-refractivity contribution in [2.75, 3.05) is 26.8 Å². The van der Waals surface area contributed by atoms with Gasteiger partial charge in [-0.05, 0) is 19.8 Å². The molecule has 0 aliphatic rings. The van der Waals surface area contributed by atoms with Gasteiger partial charge in [0.25, 0.3) is 0 Å². The fourth-order valence-electron chi connectivity index (χ4n) is 1.37. The maximum atomic E-state index is 12.2. The van der Waals surface area contributed by atoms with Gasteiger partial charge in [0.15, 0.2) is 0 Å². The standard InChI is InChI=1S/C10H19F3N2O2/c1-3-15(7-10(11,12)13)9(16)8(14)5-4-6-17-2/h8H,3-7,14H2,1-2H3. The highest BCUT2D eigenvalue weighted by molar-refractivity contribution is 5.81. The van der Waals surface area contributed by atoms with E-state index in [2.05, 4.69) is 0 Å². The third-order valence-electron chi connectivity index (χ3n) is 2.24. The fraction of sp³-hybridized carbons (Fsp3) is 0.900. The van der Waals surface area contributed by atoms with Crippen LogP contribution in [0.3, 0.4) is 0 Å². The first-order chi connectivity index (χ1) is 7.81. The van der Waals surface area contributed by atoms with E-state index in [9.17, 15) is 18.0 Å². The SMILES string of the molecule is CCN(CC(F)(F)F)C(=O)C(N)CCCOC. The summed E-state index contributed by atoms with van der Waals surface area (Å²) in [4.78, 5) is 12.3. The van der Waals surface area contributed by atoms with Gasteiger partial charge in [0.1, 0.15) is 6.54 Å². The summed E-state index contributed by atoms with van der Waals surface area (Å²) in [6.07, 6.45) is -3.52. The van der Waals surface area contributed by atoms with Gasteiger partial charge >= 0.3 is 6.18 Å². The molecule has 1 amide bonds. The Labute approximate surface area is 98.9 Å². The van der Waals surface area contributed by atoms with Crippen LogP contribution >= 0.6 is 0 Å². The van der Waals surface area contributed by atoms with Crippen LogP contribution in [0.4, 0.5) is 13.2 Å². The Morgan fingerprint density at radius 2 is 2.06 bits per heavy atom. The van der Waals surface area contributed by atoms with Crippen molar-refractivity contribution in [3.8, 4) is 0 Å². The normalized spacial score (nSPS) is 13.5. The second kappa shape index (κ2) is 7.50. The van der Waals surface area contributed by atoms with Gasteiger partial charge in [0, 0.05) is 20.3 Å². The summed E-state index contributed by atoms with van der Waals surface area (Å²) in [5, 5.41) is 0. The summed E-state index contributed by atoms with van der Waals surface area (Å²) >= 11 is 0. The molecule has 1 atom stereocenters. The van der Waals surface area contributed by atoms with Crippen LogP contribution in [0, 0.1) is 0 Å². The first-order valence-electron chi connectivity index (χ1n) is 5.41. The molecule has 0 fully saturated rings. The topological polar surface area (TPSA) is 55.6 Å². The first-order valence-corrected chi connectivity index (χ1v) is 5.41. The highest BCUT2D eigenvalue weighted by Crippen LogP contribution is 2.17. The number of carbonyl (C=O) groups excluding carboxylic acids is 1. The molecule has 4 nitrogen and oxygen atoms in total. The summed E-state index contributed by atoms with van der Waals surface area (Å²) in [6.45, 7) is 0.675. The van der Waals surface area contributed by atoms with Gasteiger partial charge in [-0.3, -0.25) is 4.79 Å². The Balaban J connectivity index is 4.23. The number of nitrogens with two attached hydrogens (primary N) is 1. The first kappa shape index (κ1) is 16.2. The van der Waals surface area contributed by atoms with Gasteiger partial charge in [-0.25, -0.2) is 0 Å². The molecule has 2 N–H and O–H groups in total. The zero-order valence-corrected chi connectivity index (χ0v) is 10.1. The number of nitrogens with zero attached hydrogens (tertiary/aromatic N) is 1. The Bertz CT molecular complexity index is 234. The number of halogens is 3. The minimum Gasteiger partial charge on any atom is -0.385 e. The number of carbonyl (C=O) groups is 1. The van der Waals surface area contributed by atoms with Gasteiger partial charge in [-0.1, -0.05) is 0 Å². The molecular weight excluding hydrogens is 237 g/mol. The Hall–Kier alpha value is -0.820. The fourth-order valence-corrected chi connectivity index (χ4v) is 1.37. The molecule has 1 unspecified atom stereocenters. The summed E-state index contributed by atoms with van der Waals surface area (Å²) in [7, 11) is 1.51. The van der Waals surface area contributed by atoms with Crippen LogP contribution in [0.15, 0.2) is 0 Å². The number of rotatable bonds is 7. The third kappa shape index (κ3) is 7.17. The van der Waals surface area contributed by atoms with Gasteiger partial charge in [0.05, 0.1) is 6.04 Å². The smallest absolute Gasteiger partial charge is 0.385 e. The van der Waals surface area contributed by atoms with Gasteiger partial charge < -0.3 is 15.4 Å². The molecule has 0 saturated heterocycles. The second-order valence-corrected chi connectivity index (χ2v) is 3.71. The van der Waals surface area contributed by atoms with Crippen molar-refractivity contribution in [3.63, 3.8) is 0 Å². The van der Waals surface area contributed by atoms with E-state index < -0.39 is 24.7 Å². The number of ether oxygens (including phenoxy) is 1. The van der Waals surface area contributed by atoms with Gasteiger partial charge in [0.2, 0.25) is 5.91 Å². The molecule has 0 rings (SSSR count). The molecular formula is C10H19F3N2O2. The molecule has 17 heavy (non-hydrogen) atoms. The molecule has 0 aromatic rings. The van der Waals surface area contributed by atoms with Crippen LogP contribution in [-0.2, 0) is 9.53 Å². The van der Waals surface area contributed by atoms with Crippen LogP contribution in [0.2, 0.25) is 0 Å². The number of methoxy groups -OCH3 is 1. The van der Waals surface area contributed by atoms with Crippen LogP contribution in [0.5, 0.6) is 0 Å². The van der Waals surface area contributed by atoms with Crippen LogP contribution < -0.4 is 5.73 Å². The van der Waals surface area contributed by atoms with Crippen LogP contribution in [0.25, 0.3) is 0 Å². The molecule has 0 spiro atoms. The quantitative estimate of drug-likeness (QED) is 0.695. The summed E-state index contributed by atoms with van der Waals surface area (Å²) in [6, 6.07) is -0.896. The molecule has 0 bridgehead atoms. The van der Waals surface area contributed by atoms with E-state index in [1.165, 1.54) is 14.0 Å². The molecule has 0 aliphatic carbocycles. The van der Waals surface area contributed by atoms with E-state index in [-0.39, 0.29) is 6.54 Å². The molecule has 0 saturated carbocycles. The molecule has 0 radical (unpaired) electrons. The molecule has 0 heterocycles. The van der Waals surface area contributed by atoms with Gasteiger partial charge in [-0.15, -0.1) is 0 Å². The highest BCUT2D eigenvalue weighted by Gasteiger charge is 2.33. The zero-order valence-electron chi connectivity index (χ0n) is 10.1. The average molecular weight is 256 g/mol. The van der Waals surface area contributed by atoms with E-state index in [1.54, 1.807) is 0 Å². The molecule has 0 aromatic carbocycles. The van der Waals surface area contributed by atoms with E-state index in [0.29, 0.717) is 19.4 Å². The lowest BCUT2D eigenvalue weighted by Crippen LogP contribution is -2.47. The minimum atomic E-state index is -4.39. The van der Waals surface area contributed by atoms with Crippen molar-refractivity contribution in [2.24, 2.45) is 5.73 Å². The summed E-state index contributed by atoms with van der Waals surface area (Å²) in [5.74, 6) is -0.666. The predicted molar refractivity (Wildman–Crippen MR) is 57.4 cm³/mol. The molecule has 0 aromatic heterocycles. The lowest BCUT2D eigenvalue weighted by Gasteiger charge is -2.25. The number of amides is 1. The van der Waals surface area contributed by atoms with Crippen molar-refractivity contribution in [1.29, 1.82) is 0 Å². The van der Waals surface area contributed by atoms with Crippen molar-refractivity contribution in [3.05, 3.63) is 0 Å². The predicted octanol–water partition coefficient (Wildman–Crippen LogP) is 1.15. The maximum absolute atomic E-state index is 12.2. The largest absolute Gasteiger partial charge is 0.406 e. The molecule has 102 valence electrons. The van der Waals surface area contributed by atoms with Crippen LogP contribution in [-0.4, -0.2) is 49.8 Å². The molecule has 7 heteroatoms. The third-order valence-corrected chi connectivity index (χ3v) is 2.24. The number of likely N-dealkylation sites (N-methyl/N-ethyl adjacent to an activating group) is 1. The van der Waals surface area contributed by atoms with Crippen molar-refractivity contribution in [1.82, 2.24) is 4.90 Å². The zero-order chi connectivity index (χ0) is 13.5.